The summed E-state index contributed by atoms with van der Waals surface area (Å²) in [4.78, 5) is 21.4. The minimum Gasteiger partial charge on any atom is -0.396 e. The van der Waals surface area contributed by atoms with Crippen LogP contribution in [-0.2, 0) is 20.8 Å². The zero-order valence-corrected chi connectivity index (χ0v) is 16.0. The lowest BCUT2D eigenvalue weighted by molar-refractivity contribution is -0.199. The fourth-order valence-electron chi connectivity index (χ4n) is 3.89. The van der Waals surface area contributed by atoms with Crippen LogP contribution < -0.4 is 5.56 Å². The first-order valence-corrected chi connectivity index (χ1v) is 9.60. The summed E-state index contributed by atoms with van der Waals surface area (Å²) in [6.07, 6.45) is 3.39. The number of unbranched alkanes of at least 4 members (excludes halogenated alkanes) is 2. The molecule has 0 radical (unpaired) electrons. The number of aromatic nitrogens is 4. The summed E-state index contributed by atoms with van der Waals surface area (Å²) in [5.74, 6) is -0.782. The monoisotopic (exact) mass is 394 g/mol. The minimum atomic E-state index is -0.782. The van der Waals surface area contributed by atoms with Gasteiger partial charge < -0.3 is 24.4 Å². The number of aliphatic hydroxyl groups excluding tert-OH is 2. The molecule has 28 heavy (non-hydrogen) atoms. The van der Waals surface area contributed by atoms with Gasteiger partial charge >= 0.3 is 0 Å². The third-order valence-electron chi connectivity index (χ3n) is 5.19. The molecule has 0 spiro atoms. The summed E-state index contributed by atoms with van der Waals surface area (Å²) in [7, 11) is 0. The summed E-state index contributed by atoms with van der Waals surface area (Å²) >= 11 is 0. The van der Waals surface area contributed by atoms with Crippen molar-refractivity contribution in [2.24, 2.45) is 0 Å². The Morgan fingerprint density at radius 1 is 1.11 bits per heavy atom. The van der Waals surface area contributed by atoms with Gasteiger partial charge in [0.05, 0.1) is 12.9 Å². The van der Waals surface area contributed by atoms with E-state index in [0.717, 1.165) is 12.8 Å². The number of imidazole rings is 1. The van der Waals surface area contributed by atoms with Crippen LogP contribution >= 0.6 is 0 Å². The summed E-state index contributed by atoms with van der Waals surface area (Å²) in [6, 6.07) is 0. The SMILES string of the molecule is CC1(C)O[C@@H]2[C@H](O1)[C@@H](CO)O[C@H]2n1cnc2c(=O)n(CCCCCO)cnc21. The second kappa shape index (κ2) is 7.53. The van der Waals surface area contributed by atoms with Gasteiger partial charge in [0.25, 0.3) is 5.56 Å². The van der Waals surface area contributed by atoms with Gasteiger partial charge in [-0.2, -0.15) is 0 Å². The quantitative estimate of drug-likeness (QED) is 0.638. The van der Waals surface area contributed by atoms with Gasteiger partial charge in [-0.25, -0.2) is 9.97 Å². The predicted molar refractivity (Wildman–Crippen MR) is 97.5 cm³/mol. The number of nitrogens with zero attached hydrogens (tertiary/aromatic N) is 4. The molecule has 0 unspecified atom stereocenters. The van der Waals surface area contributed by atoms with Crippen LogP contribution in [0.1, 0.15) is 39.3 Å². The Hall–Kier alpha value is -1.85. The maximum absolute atomic E-state index is 12.7. The Morgan fingerprint density at radius 2 is 1.89 bits per heavy atom. The molecule has 2 aromatic heterocycles. The Kier molecular flexibility index (Phi) is 5.23. The van der Waals surface area contributed by atoms with E-state index in [0.29, 0.717) is 18.6 Å². The van der Waals surface area contributed by atoms with E-state index in [1.165, 1.54) is 17.2 Å². The number of hydrogen-bond donors (Lipinski definition) is 2. The molecule has 2 N–H and O–H groups in total. The molecule has 10 heteroatoms. The van der Waals surface area contributed by atoms with Crippen LogP contribution in [0.25, 0.3) is 11.2 Å². The molecular formula is C18H26N4O6. The Balaban J connectivity index is 1.61. The van der Waals surface area contributed by atoms with Crippen LogP contribution in [0.2, 0.25) is 0 Å². The van der Waals surface area contributed by atoms with E-state index in [4.69, 9.17) is 19.3 Å². The first kappa shape index (κ1) is 19.5. The van der Waals surface area contributed by atoms with Gasteiger partial charge in [-0.05, 0) is 33.1 Å². The van der Waals surface area contributed by atoms with E-state index in [1.54, 1.807) is 4.57 Å². The summed E-state index contributed by atoms with van der Waals surface area (Å²) in [5, 5.41) is 18.5. The zero-order valence-electron chi connectivity index (χ0n) is 16.0. The van der Waals surface area contributed by atoms with E-state index in [-0.39, 0.29) is 24.3 Å². The van der Waals surface area contributed by atoms with E-state index >= 15 is 0 Å². The molecule has 0 aliphatic carbocycles. The van der Waals surface area contributed by atoms with Gasteiger partial charge in [0.1, 0.15) is 24.6 Å². The van der Waals surface area contributed by atoms with Crippen LogP contribution in [0.3, 0.4) is 0 Å². The number of ether oxygens (including phenoxy) is 3. The van der Waals surface area contributed by atoms with Gasteiger partial charge in [-0.1, -0.05) is 0 Å². The lowest BCUT2D eigenvalue weighted by Crippen LogP contribution is -2.31. The summed E-state index contributed by atoms with van der Waals surface area (Å²) < 4.78 is 21.0. The van der Waals surface area contributed by atoms with Gasteiger partial charge in [0, 0.05) is 13.2 Å². The van der Waals surface area contributed by atoms with E-state index in [9.17, 15) is 9.90 Å². The smallest absolute Gasteiger partial charge is 0.281 e. The molecule has 0 bridgehead atoms. The second-order valence-electron chi connectivity index (χ2n) is 7.66. The van der Waals surface area contributed by atoms with Gasteiger partial charge in [-0.3, -0.25) is 13.9 Å². The zero-order chi connectivity index (χ0) is 19.9. The molecular weight excluding hydrogens is 368 g/mol. The number of aryl methyl sites for hydroxylation is 1. The standard InChI is InChI=1S/C18H26N4O6/c1-18(2)27-13-11(8-24)26-17(14(13)28-18)22-10-19-12-15(22)20-9-21(16(12)25)6-4-3-5-7-23/h9-11,13-14,17,23-24H,3-8H2,1-2H3/t11-,13-,14-,17-/m1/s1. The van der Waals surface area contributed by atoms with E-state index in [1.807, 2.05) is 13.8 Å². The molecule has 154 valence electrons. The van der Waals surface area contributed by atoms with Crippen LogP contribution in [0, 0.1) is 0 Å². The molecule has 4 atom stereocenters. The average molecular weight is 394 g/mol. The Labute approximate surface area is 161 Å². The highest BCUT2D eigenvalue weighted by molar-refractivity contribution is 5.69. The molecule has 4 heterocycles. The van der Waals surface area contributed by atoms with E-state index in [2.05, 4.69) is 9.97 Å². The summed E-state index contributed by atoms with van der Waals surface area (Å²) in [5.41, 5.74) is 0.451. The predicted octanol–water partition coefficient (Wildman–Crippen LogP) is 0.165. The molecule has 0 amide bonds. The fourth-order valence-corrected chi connectivity index (χ4v) is 3.89. The van der Waals surface area contributed by atoms with E-state index < -0.39 is 30.3 Å². The highest BCUT2D eigenvalue weighted by atomic mass is 16.8. The Morgan fingerprint density at radius 3 is 2.64 bits per heavy atom. The second-order valence-corrected chi connectivity index (χ2v) is 7.66. The van der Waals surface area contributed by atoms with Crippen molar-refractivity contribution in [2.75, 3.05) is 13.2 Å². The first-order chi connectivity index (χ1) is 13.4. The number of aliphatic hydroxyl groups is 2. The molecule has 2 aliphatic rings. The minimum absolute atomic E-state index is 0.150. The number of hydrogen-bond acceptors (Lipinski definition) is 8. The van der Waals surface area contributed by atoms with Gasteiger partial charge in [0.2, 0.25) is 0 Å². The third kappa shape index (κ3) is 3.35. The van der Waals surface area contributed by atoms with Crippen molar-refractivity contribution in [2.45, 2.75) is 70.0 Å². The van der Waals surface area contributed by atoms with Crippen LogP contribution in [-0.4, -0.2) is 66.6 Å². The van der Waals surface area contributed by atoms with Gasteiger partial charge in [-0.15, -0.1) is 0 Å². The maximum atomic E-state index is 12.7. The fraction of sp³-hybridized carbons (Fsp3) is 0.722. The van der Waals surface area contributed by atoms with Crippen molar-refractivity contribution in [1.82, 2.24) is 19.1 Å². The first-order valence-electron chi connectivity index (χ1n) is 9.60. The van der Waals surface area contributed by atoms with Crippen molar-refractivity contribution < 1.29 is 24.4 Å². The topological polar surface area (TPSA) is 121 Å². The average Bonchev–Trinajstić information content (AvgIpc) is 3.31. The van der Waals surface area contributed by atoms with Crippen molar-refractivity contribution in [1.29, 1.82) is 0 Å². The van der Waals surface area contributed by atoms with Crippen molar-refractivity contribution in [3.05, 3.63) is 23.0 Å². The maximum Gasteiger partial charge on any atom is 0.281 e. The normalized spacial score (nSPS) is 28.9. The molecule has 2 saturated heterocycles. The van der Waals surface area contributed by atoms with Gasteiger partial charge in [0.15, 0.2) is 23.2 Å². The molecule has 2 aromatic rings. The number of rotatable bonds is 7. The van der Waals surface area contributed by atoms with Crippen molar-refractivity contribution in [3.63, 3.8) is 0 Å². The molecule has 0 aromatic carbocycles. The van der Waals surface area contributed by atoms with Crippen molar-refractivity contribution >= 4 is 11.2 Å². The largest absolute Gasteiger partial charge is 0.396 e. The molecule has 10 nitrogen and oxygen atoms in total. The summed E-state index contributed by atoms with van der Waals surface area (Å²) in [6.45, 7) is 4.11. The third-order valence-corrected chi connectivity index (χ3v) is 5.19. The van der Waals surface area contributed by atoms with Crippen LogP contribution in [0.4, 0.5) is 0 Å². The molecule has 4 rings (SSSR count). The molecule has 0 saturated carbocycles. The lowest BCUT2D eigenvalue weighted by atomic mass is 10.1. The highest BCUT2D eigenvalue weighted by Gasteiger charge is 2.55. The van der Waals surface area contributed by atoms with Crippen LogP contribution in [0.5, 0.6) is 0 Å². The highest BCUT2D eigenvalue weighted by Crippen LogP contribution is 2.43. The van der Waals surface area contributed by atoms with Crippen LogP contribution in [0.15, 0.2) is 17.4 Å². The lowest BCUT2D eigenvalue weighted by Gasteiger charge is -2.24. The number of fused-ring (bicyclic) bond motifs is 2. The molecule has 2 fully saturated rings. The van der Waals surface area contributed by atoms with Crippen molar-refractivity contribution in [3.8, 4) is 0 Å². The molecule has 2 aliphatic heterocycles. The Bertz CT molecular complexity index is 894.